The Morgan fingerprint density at radius 2 is 1.90 bits per heavy atom. The molecule has 0 radical (unpaired) electrons. The van der Waals surface area contributed by atoms with Gasteiger partial charge in [-0.25, -0.2) is 15.0 Å². The van der Waals surface area contributed by atoms with Crippen molar-refractivity contribution >= 4 is 11.6 Å². The molecule has 2 heterocycles. The Morgan fingerprint density at radius 1 is 1.25 bits per heavy atom. The van der Waals surface area contributed by atoms with Crippen LogP contribution in [-0.2, 0) is 4.79 Å². The molecule has 6 heteroatoms. The van der Waals surface area contributed by atoms with Gasteiger partial charge in [0.25, 0.3) is 0 Å². The number of aromatic nitrogens is 4. The average molecular weight is 273 g/mol. The van der Waals surface area contributed by atoms with E-state index in [1.165, 1.54) is 0 Å². The largest absolute Gasteiger partial charge is 0.323 e. The van der Waals surface area contributed by atoms with Crippen LogP contribution in [0.4, 0.5) is 5.69 Å². The molecule has 0 aliphatic heterocycles. The van der Waals surface area contributed by atoms with Crippen molar-refractivity contribution in [2.24, 2.45) is 0 Å². The average Bonchev–Trinajstić information content (AvgIpc) is 2.65. The van der Waals surface area contributed by atoms with E-state index in [2.05, 4.69) is 20.3 Å². The van der Waals surface area contributed by atoms with E-state index in [0.717, 1.165) is 23.6 Å². The summed E-state index contributed by atoms with van der Waals surface area (Å²) >= 11 is 0. The summed E-state index contributed by atoms with van der Waals surface area (Å²) in [7, 11) is 0. The van der Waals surface area contributed by atoms with E-state index in [1.54, 1.807) is 12.4 Å². The van der Waals surface area contributed by atoms with Crippen molar-refractivity contribution < 1.29 is 4.79 Å². The van der Waals surface area contributed by atoms with E-state index < -0.39 is 0 Å². The Bertz CT molecular complexity index is 615. The molecule has 0 aliphatic carbocycles. The lowest BCUT2D eigenvalue weighted by molar-refractivity contribution is -0.116. The summed E-state index contributed by atoms with van der Waals surface area (Å²) in [5.74, 6) is 1.39. The third kappa shape index (κ3) is 2.84. The third-order valence-electron chi connectivity index (χ3n) is 3.11. The second-order valence-electron chi connectivity index (χ2n) is 4.74. The number of hydrogen-bond donors (Lipinski definition) is 1. The van der Waals surface area contributed by atoms with E-state index in [0.29, 0.717) is 18.1 Å². The van der Waals surface area contributed by atoms with E-state index >= 15 is 0 Å². The van der Waals surface area contributed by atoms with Gasteiger partial charge in [0.15, 0.2) is 0 Å². The van der Waals surface area contributed by atoms with Crippen molar-refractivity contribution in [2.75, 3.05) is 5.32 Å². The highest BCUT2D eigenvalue weighted by Crippen LogP contribution is 2.14. The van der Waals surface area contributed by atoms with E-state index in [-0.39, 0.29) is 5.91 Å². The highest BCUT2D eigenvalue weighted by molar-refractivity contribution is 5.90. The Morgan fingerprint density at radius 3 is 2.40 bits per heavy atom. The number of carbonyl (C=O) groups excluding carboxylic acids is 1. The zero-order chi connectivity index (χ0) is 14.7. The lowest BCUT2D eigenvalue weighted by atomic mass is 10.3. The number of rotatable bonds is 4. The highest BCUT2D eigenvalue weighted by atomic mass is 16.1. The molecule has 6 nitrogen and oxygen atoms in total. The van der Waals surface area contributed by atoms with E-state index in [1.807, 2.05) is 32.3 Å². The molecule has 20 heavy (non-hydrogen) atoms. The van der Waals surface area contributed by atoms with Gasteiger partial charge in [0.05, 0.1) is 23.8 Å². The molecular weight excluding hydrogens is 254 g/mol. The molecule has 2 aromatic rings. The zero-order valence-corrected chi connectivity index (χ0v) is 12.3. The highest BCUT2D eigenvalue weighted by Gasteiger charge is 2.11. The van der Waals surface area contributed by atoms with Crippen LogP contribution in [0.2, 0.25) is 0 Å². The first-order valence-corrected chi connectivity index (χ1v) is 6.67. The van der Waals surface area contributed by atoms with Crippen molar-refractivity contribution in [1.29, 1.82) is 0 Å². The number of hydrogen-bond acceptors (Lipinski definition) is 4. The number of amides is 1. The molecule has 0 saturated heterocycles. The van der Waals surface area contributed by atoms with Crippen LogP contribution in [0.3, 0.4) is 0 Å². The summed E-state index contributed by atoms with van der Waals surface area (Å²) in [4.78, 5) is 24.5. The second-order valence-corrected chi connectivity index (χ2v) is 4.74. The first-order chi connectivity index (χ1) is 9.52. The first-order valence-electron chi connectivity index (χ1n) is 6.67. The summed E-state index contributed by atoms with van der Waals surface area (Å²) in [6.07, 6.45) is 4.55. The number of anilines is 1. The monoisotopic (exact) mass is 273 g/mol. The van der Waals surface area contributed by atoms with Crippen LogP contribution in [0.15, 0.2) is 12.4 Å². The van der Waals surface area contributed by atoms with Gasteiger partial charge >= 0.3 is 0 Å². The van der Waals surface area contributed by atoms with Crippen LogP contribution >= 0.6 is 0 Å². The van der Waals surface area contributed by atoms with Gasteiger partial charge in [0.2, 0.25) is 11.9 Å². The maximum Gasteiger partial charge on any atom is 0.235 e. The van der Waals surface area contributed by atoms with Crippen LogP contribution in [-0.4, -0.2) is 25.4 Å². The Kier molecular flexibility index (Phi) is 4.12. The third-order valence-corrected chi connectivity index (χ3v) is 3.11. The zero-order valence-electron chi connectivity index (χ0n) is 12.3. The first kappa shape index (κ1) is 14.2. The van der Waals surface area contributed by atoms with Crippen molar-refractivity contribution in [3.8, 4) is 5.95 Å². The minimum atomic E-state index is -0.0188. The predicted octanol–water partition coefficient (Wildman–Crippen LogP) is 2.33. The topological polar surface area (TPSA) is 72.7 Å². The van der Waals surface area contributed by atoms with E-state index in [4.69, 9.17) is 0 Å². The smallest absolute Gasteiger partial charge is 0.235 e. The van der Waals surface area contributed by atoms with Crippen LogP contribution < -0.4 is 5.32 Å². The van der Waals surface area contributed by atoms with Crippen LogP contribution in [0.5, 0.6) is 0 Å². The summed E-state index contributed by atoms with van der Waals surface area (Å²) < 4.78 is 1.90. The Labute approximate surface area is 118 Å². The molecule has 0 unspecified atom stereocenters. The van der Waals surface area contributed by atoms with Crippen molar-refractivity contribution in [3.05, 3.63) is 29.6 Å². The molecule has 0 saturated carbocycles. The normalized spacial score (nSPS) is 10.6. The molecule has 0 atom stereocenters. The number of nitrogens with zero attached hydrogens (tertiary/aromatic N) is 4. The fraction of sp³-hybridized carbons (Fsp3) is 0.429. The van der Waals surface area contributed by atoms with Crippen LogP contribution in [0.25, 0.3) is 5.95 Å². The maximum atomic E-state index is 11.5. The molecule has 0 fully saturated rings. The molecule has 0 aromatic carbocycles. The lowest BCUT2D eigenvalue weighted by Gasteiger charge is -2.07. The molecular formula is C14H19N5O. The number of aryl methyl sites for hydroxylation is 2. The summed E-state index contributed by atoms with van der Waals surface area (Å²) in [6.45, 7) is 7.82. The van der Waals surface area contributed by atoms with Gasteiger partial charge in [-0.1, -0.05) is 6.92 Å². The number of nitrogens with one attached hydrogen (secondary N) is 1. The minimum Gasteiger partial charge on any atom is -0.323 e. The molecule has 106 valence electrons. The maximum absolute atomic E-state index is 11.5. The number of imidazole rings is 1. The van der Waals surface area contributed by atoms with Crippen molar-refractivity contribution in [2.45, 2.75) is 40.5 Å². The quantitative estimate of drug-likeness (QED) is 0.928. The molecule has 2 aromatic heterocycles. The van der Waals surface area contributed by atoms with Gasteiger partial charge in [-0.15, -0.1) is 0 Å². The van der Waals surface area contributed by atoms with Gasteiger partial charge in [-0.3, -0.25) is 9.36 Å². The second kappa shape index (κ2) is 5.81. The molecule has 1 amide bonds. The molecule has 2 rings (SSSR count). The molecule has 1 N–H and O–H groups in total. The van der Waals surface area contributed by atoms with Gasteiger partial charge in [0.1, 0.15) is 5.82 Å². The lowest BCUT2D eigenvalue weighted by Crippen LogP contribution is -2.12. The summed E-state index contributed by atoms with van der Waals surface area (Å²) in [6, 6.07) is 0. The van der Waals surface area contributed by atoms with Crippen molar-refractivity contribution in [1.82, 2.24) is 19.5 Å². The van der Waals surface area contributed by atoms with Crippen molar-refractivity contribution in [3.63, 3.8) is 0 Å². The molecule has 0 aliphatic rings. The summed E-state index contributed by atoms with van der Waals surface area (Å²) in [5, 5.41) is 2.77. The Hall–Kier alpha value is -2.24. The van der Waals surface area contributed by atoms with Gasteiger partial charge < -0.3 is 5.32 Å². The minimum absolute atomic E-state index is 0.0188. The van der Waals surface area contributed by atoms with E-state index in [9.17, 15) is 4.79 Å². The SMILES string of the molecule is CCCC(=O)Nc1cnc(-n2c(C)nc(C)c2C)nc1. The van der Waals surface area contributed by atoms with Crippen LogP contribution in [0, 0.1) is 20.8 Å². The standard InChI is InChI=1S/C14H19N5O/c1-5-6-13(20)18-12-7-15-14(16-8-12)19-10(3)9(2)17-11(19)4/h7-8H,5-6H2,1-4H3,(H,18,20). The fourth-order valence-corrected chi connectivity index (χ4v) is 2.02. The Balaban J connectivity index is 2.22. The van der Waals surface area contributed by atoms with Gasteiger partial charge in [0, 0.05) is 12.1 Å². The molecule has 0 bridgehead atoms. The van der Waals surface area contributed by atoms with Gasteiger partial charge in [-0.05, 0) is 27.2 Å². The summed E-state index contributed by atoms with van der Waals surface area (Å²) in [5.41, 5.74) is 2.59. The fourth-order valence-electron chi connectivity index (χ4n) is 2.02. The van der Waals surface area contributed by atoms with Crippen LogP contribution in [0.1, 0.15) is 37.0 Å². The molecule has 0 spiro atoms. The van der Waals surface area contributed by atoms with Gasteiger partial charge in [-0.2, -0.15) is 0 Å². The predicted molar refractivity (Wildman–Crippen MR) is 76.9 cm³/mol. The number of carbonyl (C=O) groups is 1.